The number of nitrogens with two attached hydrogens (primary N) is 1. The third kappa shape index (κ3) is 3.42. The van der Waals surface area contributed by atoms with E-state index in [1.807, 2.05) is 13.8 Å². The van der Waals surface area contributed by atoms with E-state index in [4.69, 9.17) is 15.2 Å². The lowest BCUT2D eigenvalue weighted by molar-refractivity contribution is -0.153. The summed E-state index contributed by atoms with van der Waals surface area (Å²) in [6.45, 7) is 5.45. The Bertz CT molecular complexity index is 669. The summed E-state index contributed by atoms with van der Waals surface area (Å²) in [7, 11) is 0. The standard InChI is InChI=1S/C17H25N3O5/c1-10(2)25-17(23)12-4-3-5-20(12)16(22)13-8-11(15(18)21)14-9-24-7-6-19(13)14/h8,10,12,17,23H,3-7,9H2,1-2H3,(H2,18,21). The molecule has 0 aromatic carbocycles. The zero-order valence-electron chi connectivity index (χ0n) is 14.6. The van der Waals surface area contributed by atoms with Gasteiger partial charge < -0.3 is 29.8 Å². The number of hydrogen-bond acceptors (Lipinski definition) is 5. The highest BCUT2D eigenvalue weighted by molar-refractivity contribution is 6.00. The molecule has 2 atom stereocenters. The highest BCUT2D eigenvalue weighted by Gasteiger charge is 2.37. The molecule has 2 amide bonds. The number of likely N-dealkylation sites (tertiary alicyclic amines) is 1. The van der Waals surface area contributed by atoms with Gasteiger partial charge in [0, 0.05) is 13.1 Å². The van der Waals surface area contributed by atoms with Crippen LogP contribution in [0, 0.1) is 0 Å². The number of hydrogen-bond donors (Lipinski definition) is 2. The van der Waals surface area contributed by atoms with Gasteiger partial charge in [0.2, 0.25) is 0 Å². The van der Waals surface area contributed by atoms with Gasteiger partial charge in [0.05, 0.1) is 36.6 Å². The Hall–Kier alpha value is -1.90. The van der Waals surface area contributed by atoms with Crippen molar-refractivity contribution in [2.75, 3.05) is 13.2 Å². The van der Waals surface area contributed by atoms with Crippen LogP contribution >= 0.6 is 0 Å². The van der Waals surface area contributed by atoms with Crippen molar-refractivity contribution in [1.29, 1.82) is 0 Å². The Morgan fingerprint density at radius 2 is 2.16 bits per heavy atom. The summed E-state index contributed by atoms with van der Waals surface area (Å²) in [6.07, 6.45) is 0.321. The van der Waals surface area contributed by atoms with Crippen molar-refractivity contribution in [2.24, 2.45) is 5.73 Å². The predicted molar refractivity (Wildman–Crippen MR) is 88.9 cm³/mol. The first-order valence-electron chi connectivity index (χ1n) is 8.64. The quantitative estimate of drug-likeness (QED) is 0.750. The second-order valence-corrected chi connectivity index (χ2v) is 6.74. The summed E-state index contributed by atoms with van der Waals surface area (Å²) in [5, 5.41) is 10.3. The topological polar surface area (TPSA) is 107 Å². The van der Waals surface area contributed by atoms with Crippen LogP contribution in [0.1, 0.15) is 53.2 Å². The molecular formula is C17H25N3O5. The second-order valence-electron chi connectivity index (χ2n) is 6.74. The summed E-state index contributed by atoms with van der Waals surface area (Å²) in [6, 6.07) is 1.15. The van der Waals surface area contributed by atoms with Crippen molar-refractivity contribution in [3.05, 3.63) is 23.0 Å². The minimum atomic E-state index is -1.03. The minimum Gasteiger partial charge on any atom is -0.373 e. The summed E-state index contributed by atoms with van der Waals surface area (Å²) in [5.41, 5.74) is 6.81. The number of carbonyl (C=O) groups is 2. The van der Waals surface area contributed by atoms with E-state index in [9.17, 15) is 14.7 Å². The summed E-state index contributed by atoms with van der Waals surface area (Å²) >= 11 is 0. The van der Waals surface area contributed by atoms with Crippen LogP contribution in [-0.2, 0) is 22.6 Å². The SMILES string of the molecule is CC(C)OC(O)C1CCCN1C(=O)c1cc(C(N)=O)c2n1CCOC2. The van der Waals surface area contributed by atoms with Crippen molar-refractivity contribution in [3.63, 3.8) is 0 Å². The van der Waals surface area contributed by atoms with Gasteiger partial charge in [-0.3, -0.25) is 9.59 Å². The fourth-order valence-corrected chi connectivity index (χ4v) is 3.57. The molecule has 8 nitrogen and oxygen atoms in total. The Labute approximate surface area is 146 Å². The van der Waals surface area contributed by atoms with Gasteiger partial charge in [-0.1, -0.05) is 0 Å². The Morgan fingerprint density at radius 1 is 1.40 bits per heavy atom. The average molecular weight is 351 g/mol. The smallest absolute Gasteiger partial charge is 0.270 e. The normalized spacial score (nSPS) is 21.4. The third-order valence-corrected chi connectivity index (χ3v) is 4.69. The molecule has 2 aliphatic heterocycles. The number of aromatic nitrogens is 1. The van der Waals surface area contributed by atoms with E-state index >= 15 is 0 Å². The molecule has 2 aliphatic rings. The Kier molecular flexibility index (Phi) is 5.12. The molecule has 3 rings (SSSR count). The van der Waals surface area contributed by atoms with E-state index in [0.29, 0.717) is 43.1 Å². The maximum atomic E-state index is 13.1. The molecule has 0 bridgehead atoms. The number of nitrogens with zero attached hydrogens (tertiary/aromatic N) is 2. The fraction of sp³-hybridized carbons (Fsp3) is 0.647. The van der Waals surface area contributed by atoms with E-state index < -0.39 is 18.2 Å². The summed E-state index contributed by atoms with van der Waals surface area (Å²) in [5.74, 6) is -0.793. The number of carbonyl (C=O) groups excluding carboxylic acids is 2. The van der Waals surface area contributed by atoms with Crippen LogP contribution in [0.5, 0.6) is 0 Å². The van der Waals surface area contributed by atoms with E-state index in [1.54, 1.807) is 15.5 Å². The molecule has 1 aromatic rings. The van der Waals surface area contributed by atoms with E-state index in [0.717, 1.165) is 6.42 Å². The molecule has 2 unspecified atom stereocenters. The monoisotopic (exact) mass is 351 g/mol. The highest BCUT2D eigenvalue weighted by Crippen LogP contribution is 2.27. The summed E-state index contributed by atoms with van der Waals surface area (Å²) in [4.78, 5) is 26.4. The van der Waals surface area contributed by atoms with Gasteiger partial charge >= 0.3 is 0 Å². The van der Waals surface area contributed by atoms with Crippen LogP contribution in [0.4, 0.5) is 0 Å². The predicted octanol–water partition coefficient (Wildman–Crippen LogP) is 0.465. The zero-order chi connectivity index (χ0) is 18.1. The molecule has 3 N–H and O–H groups in total. The Morgan fingerprint density at radius 3 is 2.84 bits per heavy atom. The average Bonchev–Trinajstić information content (AvgIpc) is 3.18. The first kappa shape index (κ1) is 17.9. The molecule has 0 aliphatic carbocycles. The van der Waals surface area contributed by atoms with Crippen LogP contribution in [0.25, 0.3) is 0 Å². The molecule has 1 saturated heterocycles. The molecule has 1 fully saturated rings. The number of ether oxygens (including phenoxy) is 2. The molecule has 0 saturated carbocycles. The minimum absolute atomic E-state index is 0.132. The molecule has 0 spiro atoms. The number of rotatable bonds is 5. The van der Waals surface area contributed by atoms with Crippen LogP contribution in [0.3, 0.4) is 0 Å². The van der Waals surface area contributed by atoms with Crippen LogP contribution < -0.4 is 5.73 Å². The Balaban J connectivity index is 1.89. The molecule has 0 radical (unpaired) electrons. The molecule has 8 heteroatoms. The van der Waals surface area contributed by atoms with Gasteiger partial charge in [0.25, 0.3) is 11.8 Å². The molecule has 3 heterocycles. The van der Waals surface area contributed by atoms with Gasteiger partial charge in [0.15, 0.2) is 6.29 Å². The highest BCUT2D eigenvalue weighted by atomic mass is 16.6. The second kappa shape index (κ2) is 7.15. The molecule has 1 aromatic heterocycles. The van der Waals surface area contributed by atoms with Crippen molar-refractivity contribution < 1.29 is 24.2 Å². The first-order valence-corrected chi connectivity index (χ1v) is 8.64. The third-order valence-electron chi connectivity index (χ3n) is 4.69. The van der Waals surface area contributed by atoms with Crippen LogP contribution in [0.2, 0.25) is 0 Å². The van der Waals surface area contributed by atoms with Gasteiger partial charge in [-0.2, -0.15) is 0 Å². The number of primary amides is 1. The number of aliphatic hydroxyl groups excluding tert-OH is 1. The fourth-order valence-electron chi connectivity index (χ4n) is 3.57. The van der Waals surface area contributed by atoms with Crippen molar-refractivity contribution >= 4 is 11.8 Å². The van der Waals surface area contributed by atoms with Crippen LogP contribution in [0.15, 0.2) is 6.07 Å². The van der Waals surface area contributed by atoms with E-state index in [2.05, 4.69) is 0 Å². The van der Waals surface area contributed by atoms with Gasteiger partial charge in [-0.05, 0) is 32.8 Å². The molecule has 138 valence electrons. The van der Waals surface area contributed by atoms with Gasteiger partial charge in [-0.15, -0.1) is 0 Å². The lowest BCUT2D eigenvalue weighted by atomic mass is 10.2. The van der Waals surface area contributed by atoms with Gasteiger partial charge in [-0.25, -0.2) is 0 Å². The van der Waals surface area contributed by atoms with Crippen molar-refractivity contribution in [3.8, 4) is 0 Å². The lowest BCUT2D eigenvalue weighted by Gasteiger charge is -2.30. The number of aliphatic hydroxyl groups is 1. The lowest BCUT2D eigenvalue weighted by Crippen LogP contribution is -2.45. The zero-order valence-corrected chi connectivity index (χ0v) is 14.6. The van der Waals surface area contributed by atoms with E-state index in [-0.39, 0.29) is 18.6 Å². The first-order chi connectivity index (χ1) is 11.9. The van der Waals surface area contributed by atoms with Crippen LogP contribution in [-0.4, -0.2) is 58.0 Å². The molecular weight excluding hydrogens is 326 g/mol. The van der Waals surface area contributed by atoms with E-state index in [1.165, 1.54) is 0 Å². The van der Waals surface area contributed by atoms with Gasteiger partial charge in [0.1, 0.15) is 5.69 Å². The van der Waals surface area contributed by atoms with Crippen molar-refractivity contribution in [1.82, 2.24) is 9.47 Å². The maximum Gasteiger partial charge on any atom is 0.270 e. The number of amides is 2. The molecule has 25 heavy (non-hydrogen) atoms. The summed E-state index contributed by atoms with van der Waals surface area (Å²) < 4.78 is 12.7. The maximum absolute atomic E-state index is 13.1. The van der Waals surface area contributed by atoms with Crippen molar-refractivity contribution in [2.45, 2.75) is 58.3 Å². The number of fused-ring (bicyclic) bond motifs is 1. The largest absolute Gasteiger partial charge is 0.373 e.